The molecule has 4 heteroatoms. The lowest BCUT2D eigenvalue weighted by Gasteiger charge is -2.33. The second-order valence-electron chi connectivity index (χ2n) is 11.4. The zero-order valence-corrected chi connectivity index (χ0v) is 18.2. The first-order valence-corrected chi connectivity index (χ1v) is 11.6. The van der Waals surface area contributed by atoms with Crippen LogP contribution in [0.25, 0.3) is 0 Å². The Morgan fingerprint density at radius 3 is 1.36 bits per heavy atom. The Kier molecular flexibility index (Phi) is 5.29. The van der Waals surface area contributed by atoms with E-state index in [9.17, 15) is 9.59 Å². The number of hydrogen-bond donors (Lipinski definition) is 0. The van der Waals surface area contributed by atoms with E-state index in [0.29, 0.717) is 24.7 Å². The minimum absolute atomic E-state index is 0.00557. The molecule has 4 aliphatic carbocycles. The first-order chi connectivity index (χ1) is 13.1. The molecule has 4 saturated carbocycles. The SMILES string of the molecule is CC(C)(CCC(C)(C)OC(=O)C1CC2CCC1C2)OC(=O)C1CC2CCC1C2. The molecule has 0 aromatic heterocycles. The van der Waals surface area contributed by atoms with Crippen LogP contribution < -0.4 is 0 Å². The molecule has 6 unspecified atom stereocenters. The summed E-state index contributed by atoms with van der Waals surface area (Å²) < 4.78 is 11.9. The molecule has 0 aliphatic heterocycles. The molecular formula is C24H38O4. The number of hydrogen-bond acceptors (Lipinski definition) is 4. The van der Waals surface area contributed by atoms with Crippen molar-refractivity contribution in [2.24, 2.45) is 35.5 Å². The molecule has 28 heavy (non-hydrogen) atoms. The first-order valence-electron chi connectivity index (χ1n) is 11.6. The average molecular weight is 391 g/mol. The van der Waals surface area contributed by atoms with Gasteiger partial charge in [0, 0.05) is 0 Å². The summed E-state index contributed by atoms with van der Waals surface area (Å²) in [5, 5.41) is 0. The minimum Gasteiger partial charge on any atom is -0.459 e. The van der Waals surface area contributed by atoms with Crippen LogP contribution in [0.2, 0.25) is 0 Å². The number of ether oxygens (including phenoxy) is 2. The average Bonchev–Trinajstić information content (AvgIpc) is 3.39. The van der Waals surface area contributed by atoms with Gasteiger partial charge in [-0.2, -0.15) is 0 Å². The van der Waals surface area contributed by atoms with Gasteiger partial charge in [-0.15, -0.1) is 0 Å². The molecule has 4 aliphatic rings. The molecule has 0 saturated heterocycles. The predicted octanol–water partition coefficient (Wildman–Crippen LogP) is 5.28. The van der Waals surface area contributed by atoms with Crippen molar-refractivity contribution >= 4 is 11.9 Å². The van der Waals surface area contributed by atoms with E-state index >= 15 is 0 Å². The number of carbonyl (C=O) groups is 2. The summed E-state index contributed by atoms with van der Waals surface area (Å²) in [6, 6.07) is 0. The number of carbonyl (C=O) groups excluding carboxylic acids is 2. The Bertz CT molecular complexity index is 568. The van der Waals surface area contributed by atoms with E-state index < -0.39 is 11.2 Å². The zero-order valence-electron chi connectivity index (χ0n) is 18.2. The van der Waals surface area contributed by atoms with Crippen molar-refractivity contribution < 1.29 is 19.1 Å². The van der Waals surface area contributed by atoms with Gasteiger partial charge in [-0.25, -0.2) is 0 Å². The third kappa shape index (κ3) is 4.26. The molecule has 0 heterocycles. The summed E-state index contributed by atoms with van der Waals surface area (Å²) >= 11 is 0. The van der Waals surface area contributed by atoms with Gasteiger partial charge >= 0.3 is 11.9 Å². The second kappa shape index (κ2) is 7.32. The molecule has 0 spiro atoms. The van der Waals surface area contributed by atoms with Gasteiger partial charge in [0.25, 0.3) is 0 Å². The molecule has 4 rings (SSSR count). The number of rotatable bonds is 7. The van der Waals surface area contributed by atoms with Gasteiger partial charge in [-0.1, -0.05) is 12.8 Å². The lowest BCUT2D eigenvalue weighted by molar-refractivity contribution is -0.171. The van der Waals surface area contributed by atoms with Crippen LogP contribution in [0.1, 0.15) is 91.9 Å². The van der Waals surface area contributed by atoms with E-state index in [2.05, 4.69) is 0 Å². The van der Waals surface area contributed by atoms with Crippen molar-refractivity contribution in [3.05, 3.63) is 0 Å². The van der Waals surface area contributed by atoms with E-state index in [4.69, 9.17) is 9.47 Å². The van der Waals surface area contributed by atoms with E-state index in [0.717, 1.165) is 24.7 Å². The van der Waals surface area contributed by atoms with Crippen molar-refractivity contribution in [1.82, 2.24) is 0 Å². The van der Waals surface area contributed by atoms with E-state index in [1.807, 2.05) is 27.7 Å². The van der Waals surface area contributed by atoms with Crippen molar-refractivity contribution in [2.45, 2.75) is 103 Å². The highest BCUT2D eigenvalue weighted by atomic mass is 16.6. The van der Waals surface area contributed by atoms with Gasteiger partial charge in [-0.3, -0.25) is 9.59 Å². The van der Waals surface area contributed by atoms with Crippen molar-refractivity contribution in [2.75, 3.05) is 0 Å². The molecule has 4 fully saturated rings. The van der Waals surface area contributed by atoms with E-state index in [-0.39, 0.29) is 23.8 Å². The van der Waals surface area contributed by atoms with Gasteiger partial charge in [0.15, 0.2) is 0 Å². The molecule has 0 aromatic rings. The van der Waals surface area contributed by atoms with Gasteiger partial charge < -0.3 is 9.47 Å². The van der Waals surface area contributed by atoms with Crippen molar-refractivity contribution in [3.63, 3.8) is 0 Å². The maximum Gasteiger partial charge on any atom is 0.309 e. The van der Waals surface area contributed by atoms with Crippen molar-refractivity contribution in [3.8, 4) is 0 Å². The zero-order chi connectivity index (χ0) is 20.1. The minimum atomic E-state index is -0.519. The summed E-state index contributed by atoms with van der Waals surface area (Å²) in [4.78, 5) is 25.4. The van der Waals surface area contributed by atoms with Gasteiger partial charge in [0.05, 0.1) is 11.8 Å². The molecule has 0 amide bonds. The topological polar surface area (TPSA) is 52.6 Å². The smallest absolute Gasteiger partial charge is 0.309 e. The monoisotopic (exact) mass is 390 g/mol. The molecule has 4 bridgehead atoms. The van der Waals surface area contributed by atoms with Gasteiger partial charge in [-0.05, 0) is 103 Å². The normalized spacial score (nSPS) is 36.7. The van der Waals surface area contributed by atoms with Crippen LogP contribution in [0.3, 0.4) is 0 Å². The molecule has 158 valence electrons. The maximum atomic E-state index is 12.7. The Labute approximate surface area is 170 Å². The molecule has 6 atom stereocenters. The van der Waals surface area contributed by atoms with Crippen LogP contribution in [0, 0.1) is 35.5 Å². The summed E-state index contributed by atoms with van der Waals surface area (Å²) in [6.45, 7) is 7.97. The largest absolute Gasteiger partial charge is 0.459 e. The lowest BCUT2D eigenvalue weighted by Crippen LogP contribution is -2.38. The summed E-state index contributed by atoms with van der Waals surface area (Å²) in [6.07, 6.45) is 10.8. The Morgan fingerprint density at radius 2 is 1.07 bits per heavy atom. The van der Waals surface area contributed by atoms with Crippen LogP contribution in [-0.4, -0.2) is 23.1 Å². The standard InChI is InChI=1S/C24H38O4/c1-23(2,27-21(25)19-13-15-5-7-17(19)11-15)9-10-24(3,4)28-22(26)20-14-16-6-8-18(20)12-16/h15-20H,5-14H2,1-4H3. The highest BCUT2D eigenvalue weighted by Crippen LogP contribution is 2.50. The molecule has 0 N–H and O–H groups in total. The predicted molar refractivity (Wildman–Crippen MR) is 107 cm³/mol. The quantitative estimate of drug-likeness (QED) is 0.555. The number of fused-ring (bicyclic) bond motifs is 4. The molecular weight excluding hydrogens is 352 g/mol. The Morgan fingerprint density at radius 1 is 0.679 bits per heavy atom. The molecule has 0 radical (unpaired) electrons. The van der Waals surface area contributed by atoms with Crippen molar-refractivity contribution in [1.29, 1.82) is 0 Å². The highest BCUT2D eigenvalue weighted by molar-refractivity contribution is 5.74. The van der Waals surface area contributed by atoms with Crippen LogP contribution in [0.15, 0.2) is 0 Å². The third-order valence-corrected chi connectivity index (χ3v) is 8.16. The van der Waals surface area contributed by atoms with Crippen LogP contribution >= 0.6 is 0 Å². The fraction of sp³-hybridized carbons (Fsp3) is 0.917. The Hall–Kier alpha value is -1.06. The van der Waals surface area contributed by atoms with Gasteiger partial charge in [0.1, 0.15) is 11.2 Å². The maximum absolute atomic E-state index is 12.7. The second-order valence-corrected chi connectivity index (χ2v) is 11.4. The van der Waals surface area contributed by atoms with Crippen LogP contribution in [0.4, 0.5) is 0 Å². The van der Waals surface area contributed by atoms with Crippen LogP contribution in [-0.2, 0) is 19.1 Å². The van der Waals surface area contributed by atoms with E-state index in [1.54, 1.807) is 0 Å². The van der Waals surface area contributed by atoms with Gasteiger partial charge in [0.2, 0.25) is 0 Å². The summed E-state index contributed by atoms with van der Waals surface area (Å²) in [7, 11) is 0. The number of esters is 2. The van der Waals surface area contributed by atoms with E-state index in [1.165, 1.54) is 38.5 Å². The summed E-state index contributed by atoms with van der Waals surface area (Å²) in [5.74, 6) is 2.80. The van der Waals surface area contributed by atoms with Crippen LogP contribution in [0.5, 0.6) is 0 Å². The Balaban J connectivity index is 1.24. The molecule has 0 aromatic carbocycles. The first kappa shape index (κ1) is 20.2. The fourth-order valence-electron chi connectivity index (χ4n) is 6.47. The molecule has 4 nitrogen and oxygen atoms in total. The summed E-state index contributed by atoms with van der Waals surface area (Å²) in [5.41, 5.74) is -1.04. The lowest BCUT2D eigenvalue weighted by atomic mass is 9.88. The third-order valence-electron chi connectivity index (χ3n) is 8.16. The highest BCUT2D eigenvalue weighted by Gasteiger charge is 2.46. The fourth-order valence-corrected chi connectivity index (χ4v) is 6.47.